The largest absolute Gasteiger partial charge is 0.425 e. The number of aryl methyl sites for hydroxylation is 2. The number of carbonyl (C=O) groups excluding carboxylic acids is 1. The van der Waals surface area contributed by atoms with Crippen molar-refractivity contribution >= 4 is 5.91 Å². The molecule has 0 spiro atoms. The maximum atomic E-state index is 12.5. The first-order chi connectivity index (χ1) is 15.2. The average Bonchev–Trinajstić information content (AvgIpc) is 3.50. The van der Waals surface area contributed by atoms with Gasteiger partial charge in [0.15, 0.2) is 0 Å². The third-order valence-electron chi connectivity index (χ3n) is 6.10. The summed E-state index contributed by atoms with van der Waals surface area (Å²) in [5.41, 5.74) is 2.08. The quantitative estimate of drug-likeness (QED) is 0.513. The molecule has 1 saturated carbocycles. The van der Waals surface area contributed by atoms with Gasteiger partial charge in [-0.05, 0) is 36.1 Å². The van der Waals surface area contributed by atoms with E-state index < -0.39 is 0 Å². The average molecular weight is 422 g/mol. The minimum Gasteiger partial charge on any atom is -0.425 e. The van der Waals surface area contributed by atoms with Crippen molar-refractivity contribution in [3.8, 4) is 5.69 Å². The van der Waals surface area contributed by atoms with E-state index in [1.165, 1.54) is 32.1 Å². The SMILES string of the molecule is CN(Cc1ccc(-n2cccn2)cc1)C(=O)CCc1nnc(CCC2CCCCC2)o1. The van der Waals surface area contributed by atoms with E-state index in [2.05, 4.69) is 15.3 Å². The number of rotatable bonds is 9. The first-order valence-electron chi connectivity index (χ1n) is 11.3. The topological polar surface area (TPSA) is 77.1 Å². The Morgan fingerprint density at radius 1 is 1.10 bits per heavy atom. The molecule has 0 radical (unpaired) electrons. The molecule has 0 bridgehead atoms. The van der Waals surface area contributed by atoms with E-state index in [4.69, 9.17) is 4.42 Å². The molecule has 0 unspecified atom stereocenters. The van der Waals surface area contributed by atoms with Crippen molar-refractivity contribution in [3.63, 3.8) is 0 Å². The molecule has 2 aromatic heterocycles. The first kappa shape index (κ1) is 21.3. The van der Waals surface area contributed by atoms with Gasteiger partial charge in [0.2, 0.25) is 17.7 Å². The second-order valence-corrected chi connectivity index (χ2v) is 8.50. The molecule has 4 rings (SSSR count). The fourth-order valence-corrected chi connectivity index (χ4v) is 4.24. The summed E-state index contributed by atoms with van der Waals surface area (Å²) in [6.07, 6.45) is 13.2. The Bertz CT molecular complexity index is 943. The van der Waals surface area contributed by atoms with Crippen molar-refractivity contribution in [3.05, 3.63) is 60.1 Å². The van der Waals surface area contributed by atoms with Gasteiger partial charge in [-0.1, -0.05) is 44.2 Å². The Labute approximate surface area is 183 Å². The number of carbonyl (C=O) groups is 1. The molecule has 2 heterocycles. The summed E-state index contributed by atoms with van der Waals surface area (Å²) in [4.78, 5) is 14.3. The number of aromatic nitrogens is 4. The normalized spacial score (nSPS) is 14.6. The van der Waals surface area contributed by atoms with Crippen LogP contribution in [-0.4, -0.2) is 37.8 Å². The molecule has 1 aromatic carbocycles. The molecule has 1 aliphatic rings. The summed E-state index contributed by atoms with van der Waals surface area (Å²) in [6, 6.07) is 9.96. The Morgan fingerprint density at radius 3 is 2.55 bits per heavy atom. The zero-order valence-corrected chi connectivity index (χ0v) is 18.2. The van der Waals surface area contributed by atoms with Crippen LogP contribution in [0.5, 0.6) is 0 Å². The molecule has 0 atom stereocenters. The second-order valence-electron chi connectivity index (χ2n) is 8.50. The molecular formula is C24H31N5O2. The molecule has 1 aliphatic carbocycles. The maximum absolute atomic E-state index is 12.5. The van der Waals surface area contributed by atoms with Crippen molar-refractivity contribution in [2.45, 2.75) is 64.3 Å². The highest BCUT2D eigenvalue weighted by Gasteiger charge is 2.16. The van der Waals surface area contributed by atoms with Gasteiger partial charge in [-0.2, -0.15) is 5.10 Å². The van der Waals surface area contributed by atoms with Crippen LogP contribution in [0.15, 0.2) is 47.1 Å². The van der Waals surface area contributed by atoms with E-state index in [9.17, 15) is 4.79 Å². The van der Waals surface area contributed by atoms with E-state index in [1.54, 1.807) is 11.1 Å². The van der Waals surface area contributed by atoms with Crippen molar-refractivity contribution in [1.82, 2.24) is 24.9 Å². The van der Waals surface area contributed by atoms with E-state index in [1.807, 2.05) is 48.3 Å². The molecule has 1 fully saturated rings. The van der Waals surface area contributed by atoms with Gasteiger partial charge in [0.05, 0.1) is 5.69 Å². The van der Waals surface area contributed by atoms with E-state index in [-0.39, 0.29) is 5.91 Å². The predicted octanol–water partition coefficient (Wildman–Crippen LogP) is 4.36. The Hall–Kier alpha value is -2.96. The summed E-state index contributed by atoms with van der Waals surface area (Å²) in [7, 11) is 1.83. The first-order valence-corrected chi connectivity index (χ1v) is 11.3. The predicted molar refractivity (Wildman–Crippen MR) is 118 cm³/mol. The van der Waals surface area contributed by atoms with Gasteiger partial charge in [-0.15, -0.1) is 10.2 Å². The lowest BCUT2D eigenvalue weighted by Crippen LogP contribution is -2.26. The van der Waals surface area contributed by atoms with Gasteiger partial charge in [0.1, 0.15) is 0 Å². The van der Waals surface area contributed by atoms with Crippen LogP contribution in [-0.2, 0) is 24.2 Å². The smallest absolute Gasteiger partial charge is 0.223 e. The van der Waals surface area contributed by atoms with Gasteiger partial charge in [-0.25, -0.2) is 4.68 Å². The molecule has 0 N–H and O–H groups in total. The van der Waals surface area contributed by atoms with Gasteiger partial charge < -0.3 is 9.32 Å². The molecule has 0 aliphatic heterocycles. The summed E-state index contributed by atoms with van der Waals surface area (Å²) in [5.74, 6) is 2.13. The van der Waals surface area contributed by atoms with Crippen LogP contribution in [0.25, 0.3) is 5.69 Å². The number of amides is 1. The van der Waals surface area contributed by atoms with Crippen LogP contribution < -0.4 is 0 Å². The lowest BCUT2D eigenvalue weighted by atomic mass is 9.86. The van der Waals surface area contributed by atoms with Crippen LogP contribution >= 0.6 is 0 Å². The molecule has 7 heteroatoms. The summed E-state index contributed by atoms with van der Waals surface area (Å²) < 4.78 is 7.58. The number of hydrogen-bond donors (Lipinski definition) is 0. The van der Waals surface area contributed by atoms with Crippen molar-refractivity contribution in [1.29, 1.82) is 0 Å². The molecular weight excluding hydrogens is 390 g/mol. The van der Waals surface area contributed by atoms with Crippen LogP contribution in [0, 0.1) is 5.92 Å². The minimum absolute atomic E-state index is 0.0677. The lowest BCUT2D eigenvalue weighted by Gasteiger charge is -2.20. The van der Waals surface area contributed by atoms with Gasteiger partial charge in [0.25, 0.3) is 0 Å². The molecule has 3 aromatic rings. The highest BCUT2D eigenvalue weighted by atomic mass is 16.4. The summed E-state index contributed by atoms with van der Waals surface area (Å²) in [5, 5.41) is 12.5. The molecule has 7 nitrogen and oxygen atoms in total. The number of hydrogen-bond acceptors (Lipinski definition) is 5. The zero-order valence-electron chi connectivity index (χ0n) is 18.2. The Morgan fingerprint density at radius 2 is 1.84 bits per heavy atom. The van der Waals surface area contributed by atoms with Gasteiger partial charge in [0, 0.05) is 45.2 Å². The fourth-order valence-electron chi connectivity index (χ4n) is 4.24. The molecule has 1 amide bonds. The van der Waals surface area contributed by atoms with Crippen LogP contribution in [0.1, 0.15) is 62.3 Å². The standard InChI is InChI=1S/C24H31N5O2/c1-28(18-20-8-11-21(12-9-20)29-17-5-16-25-29)24(30)15-14-23-27-26-22(31-23)13-10-19-6-3-2-4-7-19/h5,8-9,11-12,16-17,19H,2-4,6-7,10,13-15,18H2,1H3. The summed E-state index contributed by atoms with van der Waals surface area (Å²) in [6.45, 7) is 0.564. The lowest BCUT2D eigenvalue weighted by molar-refractivity contribution is -0.130. The monoisotopic (exact) mass is 421 g/mol. The maximum Gasteiger partial charge on any atom is 0.223 e. The highest BCUT2D eigenvalue weighted by Crippen LogP contribution is 2.27. The third-order valence-corrected chi connectivity index (χ3v) is 6.10. The Kier molecular flexibility index (Phi) is 7.12. The Balaban J connectivity index is 1.21. The van der Waals surface area contributed by atoms with Crippen molar-refractivity contribution < 1.29 is 9.21 Å². The molecule has 0 saturated heterocycles. The highest BCUT2D eigenvalue weighted by molar-refractivity contribution is 5.76. The second kappa shape index (κ2) is 10.4. The molecule has 164 valence electrons. The fraction of sp³-hybridized carbons (Fsp3) is 0.500. The number of benzene rings is 1. The van der Waals surface area contributed by atoms with E-state index >= 15 is 0 Å². The van der Waals surface area contributed by atoms with Crippen LogP contribution in [0.4, 0.5) is 0 Å². The third kappa shape index (κ3) is 6.03. The van der Waals surface area contributed by atoms with Crippen LogP contribution in [0.2, 0.25) is 0 Å². The number of nitrogens with zero attached hydrogens (tertiary/aromatic N) is 5. The van der Waals surface area contributed by atoms with E-state index in [0.717, 1.165) is 30.0 Å². The van der Waals surface area contributed by atoms with E-state index in [0.29, 0.717) is 31.2 Å². The summed E-state index contributed by atoms with van der Waals surface area (Å²) >= 11 is 0. The molecule has 31 heavy (non-hydrogen) atoms. The minimum atomic E-state index is 0.0677. The van der Waals surface area contributed by atoms with Crippen molar-refractivity contribution in [2.75, 3.05) is 7.05 Å². The zero-order chi connectivity index (χ0) is 21.5. The van der Waals surface area contributed by atoms with Gasteiger partial charge in [-0.3, -0.25) is 4.79 Å². The van der Waals surface area contributed by atoms with Gasteiger partial charge >= 0.3 is 0 Å². The van der Waals surface area contributed by atoms with Crippen molar-refractivity contribution in [2.24, 2.45) is 5.92 Å². The van der Waals surface area contributed by atoms with Crippen LogP contribution in [0.3, 0.4) is 0 Å².